The molecule has 0 spiro atoms. The highest BCUT2D eigenvalue weighted by atomic mass is 16.5. The highest BCUT2D eigenvalue weighted by Crippen LogP contribution is 2.18. The molecule has 0 aromatic heterocycles. The molecule has 3 atom stereocenters. The first-order chi connectivity index (χ1) is 29.0. The molecule has 0 rings (SSSR count). The minimum atomic E-state index is -0.794. The van der Waals surface area contributed by atoms with Gasteiger partial charge in [-0.25, -0.2) is 0 Å². The van der Waals surface area contributed by atoms with Crippen molar-refractivity contribution in [1.82, 2.24) is 5.32 Å². The molecule has 3 N–H and O–H groups in total. The van der Waals surface area contributed by atoms with E-state index in [1.807, 2.05) is 42.5 Å². The van der Waals surface area contributed by atoms with Gasteiger partial charge in [0.2, 0.25) is 5.91 Å². The third-order valence-corrected chi connectivity index (χ3v) is 11.2. The monoisotopic (exact) mass is 826 g/mol. The number of carbonyl (C=O) groups excluding carboxylic acids is 2. The molecule has 0 fully saturated rings. The number of carbonyl (C=O) groups is 2. The van der Waals surface area contributed by atoms with Crippen molar-refractivity contribution in [2.75, 3.05) is 6.61 Å². The van der Waals surface area contributed by atoms with Crippen LogP contribution in [0.4, 0.5) is 0 Å². The van der Waals surface area contributed by atoms with Crippen molar-refractivity contribution in [1.29, 1.82) is 0 Å². The van der Waals surface area contributed by atoms with Gasteiger partial charge in [0.05, 0.1) is 25.2 Å². The normalized spacial score (nSPS) is 13.8. The van der Waals surface area contributed by atoms with Crippen LogP contribution in [0.2, 0.25) is 0 Å². The molecule has 0 aliphatic rings. The molecule has 0 aliphatic carbocycles. The van der Waals surface area contributed by atoms with Gasteiger partial charge in [-0.15, -0.1) is 0 Å². The summed E-state index contributed by atoms with van der Waals surface area (Å²) >= 11 is 0. The fourth-order valence-electron chi connectivity index (χ4n) is 7.45. The van der Waals surface area contributed by atoms with Crippen LogP contribution in [0, 0.1) is 0 Å². The Hall–Kier alpha value is -2.44. The summed E-state index contributed by atoms with van der Waals surface area (Å²) in [7, 11) is 0. The molecule has 0 aromatic carbocycles. The Kier molecular flexibility index (Phi) is 44.7. The van der Waals surface area contributed by atoms with E-state index in [0.29, 0.717) is 19.3 Å². The molecule has 0 aromatic rings. The number of allylic oxidation sites excluding steroid dienone is 10. The van der Waals surface area contributed by atoms with Gasteiger partial charge in [0.25, 0.3) is 0 Å². The number of nitrogens with one attached hydrogen (secondary N) is 1. The summed E-state index contributed by atoms with van der Waals surface area (Å²) in [5.74, 6) is -0.522. The number of ether oxygens (including phenoxy) is 1. The Morgan fingerprint density at radius 2 is 0.915 bits per heavy atom. The smallest absolute Gasteiger partial charge is 0.306 e. The van der Waals surface area contributed by atoms with Gasteiger partial charge < -0.3 is 20.3 Å². The van der Waals surface area contributed by atoms with Crippen LogP contribution in [0.25, 0.3) is 0 Å². The van der Waals surface area contributed by atoms with Gasteiger partial charge in [0, 0.05) is 6.42 Å². The lowest BCUT2D eigenvalue weighted by molar-refractivity contribution is -0.151. The molecular weight excluding hydrogens is 731 g/mol. The van der Waals surface area contributed by atoms with Gasteiger partial charge in [-0.3, -0.25) is 9.59 Å². The molecular formula is C53H95NO5. The topological polar surface area (TPSA) is 95.9 Å². The lowest BCUT2D eigenvalue weighted by Crippen LogP contribution is -2.46. The fourth-order valence-corrected chi connectivity index (χ4v) is 7.45. The number of amides is 1. The van der Waals surface area contributed by atoms with E-state index in [1.165, 1.54) is 122 Å². The molecule has 6 nitrogen and oxygen atoms in total. The molecule has 59 heavy (non-hydrogen) atoms. The van der Waals surface area contributed by atoms with E-state index >= 15 is 0 Å². The van der Waals surface area contributed by atoms with Crippen LogP contribution >= 0.6 is 0 Å². The summed E-state index contributed by atoms with van der Waals surface area (Å²) in [5.41, 5.74) is 0. The summed E-state index contributed by atoms with van der Waals surface area (Å²) in [6.07, 6.45) is 57.1. The number of aliphatic hydroxyl groups excluding tert-OH is 2. The second-order valence-electron chi connectivity index (χ2n) is 17.0. The van der Waals surface area contributed by atoms with Gasteiger partial charge in [0.1, 0.15) is 6.10 Å². The molecule has 342 valence electrons. The third-order valence-electron chi connectivity index (χ3n) is 11.2. The maximum absolute atomic E-state index is 13.2. The Morgan fingerprint density at radius 1 is 0.508 bits per heavy atom. The highest BCUT2D eigenvalue weighted by Gasteiger charge is 2.24. The highest BCUT2D eigenvalue weighted by molar-refractivity contribution is 5.77. The largest absolute Gasteiger partial charge is 0.462 e. The Morgan fingerprint density at radius 3 is 1.37 bits per heavy atom. The molecule has 0 saturated heterocycles. The van der Waals surface area contributed by atoms with E-state index < -0.39 is 18.2 Å². The number of unbranched alkanes of at least 4 members (excludes halogenated alkanes) is 26. The molecule has 0 bridgehead atoms. The number of aliphatic hydroxyl groups is 2. The van der Waals surface area contributed by atoms with Gasteiger partial charge in [-0.2, -0.15) is 0 Å². The van der Waals surface area contributed by atoms with E-state index in [-0.39, 0.29) is 24.9 Å². The van der Waals surface area contributed by atoms with E-state index in [0.717, 1.165) is 70.6 Å². The first kappa shape index (κ1) is 56.6. The van der Waals surface area contributed by atoms with E-state index in [2.05, 4.69) is 44.3 Å². The first-order valence-corrected chi connectivity index (χ1v) is 25.1. The van der Waals surface area contributed by atoms with Crippen LogP contribution in [0.15, 0.2) is 60.8 Å². The maximum atomic E-state index is 13.2. The Labute approximate surface area is 365 Å². The predicted molar refractivity (Wildman–Crippen MR) is 255 cm³/mol. The molecule has 6 heteroatoms. The van der Waals surface area contributed by atoms with Crippen LogP contribution in [-0.4, -0.2) is 46.9 Å². The number of hydrogen-bond acceptors (Lipinski definition) is 5. The van der Waals surface area contributed by atoms with Crippen LogP contribution in [0.3, 0.4) is 0 Å². The zero-order chi connectivity index (χ0) is 43.1. The Balaban J connectivity index is 4.52. The fraction of sp³-hybridized carbons (Fsp3) is 0.774. The molecule has 1 amide bonds. The quantitative estimate of drug-likeness (QED) is 0.0323. The van der Waals surface area contributed by atoms with Crippen LogP contribution in [0.1, 0.15) is 239 Å². The zero-order valence-corrected chi connectivity index (χ0v) is 38.9. The number of esters is 1. The van der Waals surface area contributed by atoms with Crippen LogP contribution < -0.4 is 5.32 Å². The van der Waals surface area contributed by atoms with Crippen molar-refractivity contribution in [2.45, 2.75) is 257 Å². The minimum Gasteiger partial charge on any atom is -0.462 e. The summed E-state index contributed by atoms with van der Waals surface area (Å²) < 4.78 is 5.89. The van der Waals surface area contributed by atoms with Crippen molar-refractivity contribution >= 4 is 11.9 Å². The third kappa shape index (κ3) is 42.1. The van der Waals surface area contributed by atoms with Crippen molar-refractivity contribution in [3.63, 3.8) is 0 Å². The molecule has 0 saturated carbocycles. The second kappa shape index (κ2) is 46.6. The lowest BCUT2D eigenvalue weighted by atomic mass is 10.0. The summed E-state index contributed by atoms with van der Waals surface area (Å²) in [4.78, 5) is 26.0. The van der Waals surface area contributed by atoms with Crippen LogP contribution in [0.5, 0.6) is 0 Å². The van der Waals surface area contributed by atoms with Crippen molar-refractivity contribution in [3.8, 4) is 0 Å². The minimum absolute atomic E-state index is 0.0602. The second-order valence-corrected chi connectivity index (χ2v) is 17.0. The summed E-state index contributed by atoms with van der Waals surface area (Å²) in [5, 5.41) is 23.7. The number of rotatable bonds is 44. The lowest BCUT2D eigenvalue weighted by Gasteiger charge is -2.24. The number of hydrogen-bond donors (Lipinski definition) is 3. The van der Waals surface area contributed by atoms with Crippen molar-refractivity contribution < 1.29 is 24.5 Å². The molecule has 0 aliphatic heterocycles. The standard InChI is InChI=1S/C53H95NO5/c1-4-7-10-13-16-19-21-23-25-27-28-30-33-36-39-42-45-51(56)50(48-55)54-52(57)47-49(44-41-38-35-32-18-15-12-9-6-3)59-53(58)46-43-40-37-34-31-29-26-24-22-20-17-14-11-8-5-2/h8,11,14,17,20,22,24,26,29,31,49-51,55-56H,4-7,9-10,12-13,15-16,18-19,21,23,25,27-28,30,32-48H2,1-3H3,(H,54,57)/b11-8+,17-14+,22-20-,26-24-,31-29+. The zero-order valence-electron chi connectivity index (χ0n) is 38.9. The van der Waals surface area contributed by atoms with Gasteiger partial charge in [0.15, 0.2) is 0 Å². The molecule has 0 heterocycles. The van der Waals surface area contributed by atoms with Crippen molar-refractivity contribution in [3.05, 3.63) is 60.8 Å². The van der Waals surface area contributed by atoms with E-state index in [4.69, 9.17) is 4.74 Å². The maximum Gasteiger partial charge on any atom is 0.306 e. The molecule has 3 unspecified atom stereocenters. The SMILES string of the molecule is CC/C=C/C=C/C=C\C=C/C=C/CCCCCC(=O)OC(CCCCCCCCCCC)CC(=O)NC(CO)C(O)CCCCCCCCCCCCCCCCCC. The van der Waals surface area contributed by atoms with Gasteiger partial charge in [-0.1, -0.05) is 242 Å². The molecule has 0 radical (unpaired) electrons. The summed E-state index contributed by atoms with van der Waals surface area (Å²) in [6, 6.07) is -0.709. The van der Waals surface area contributed by atoms with Crippen LogP contribution in [-0.2, 0) is 14.3 Å². The van der Waals surface area contributed by atoms with E-state index in [1.54, 1.807) is 0 Å². The van der Waals surface area contributed by atoms with Gasteiger partial charge >= 0.3 is 5.97 Å². The predicted octanol–water partition coefficient (Wildman–Crippen LogP) is 14.8. The Bertz CT molecular complexity index is 1060. The van der Waals surface area contributed by atoms with Gasteiger partial charge in [-0.05, 0) is 44.9 Å². The summed E-state index contributed by atoms with van der Waals surface area (Å²) in [6.45, 7) is 6.32. The average molecular weight is 826 g/mol. The first-order valence-electron chi connectivity index (χ1n) is 25.1. The average Bonchev–Trinajstić information content (AvgIpc) is 3.23. The van der Waals surface area contributed by atoms with E-state index in [9.17, 15) is 19.8 Å². The van der Waals surface area contributed by atoms with Crippen molar-refractivity contribution in [2.24, 2.45) is 0 Å².